The van der Waals surface area contributed by atoms with Crippen LogP contribution < -0.4 is 5.32 Å². The van der Waals surface area contributed by atoms with E-state index >= 15 is 0 Å². The van der Waals surface area contributed by atoms with Gasteiger partial charge < -0.3 is 15.0 Å². The third-order valence-electron chi connectivity index (χ3n) is 2.95. The van der Waals surface area contributed by atoms with Gasteiger partial charge in [0.05, 0.1) is 0 Å². The molecular formula is C15H26N2O3. The Labute approximate surface area is 121 Å². The van der Waals surface area contributed by atoms with Crippen LogP contribution in [-0.4, -0.2) is 41.6 Å². The number of alkyl carbamates (subject to hydrolysis) is 1. The van der Waals surface area contributed by atoms with E-state index in [4.69, 9.17) is 4.74 Å². The average Bonchev–Trinajstić information content (AvgIpc) is 2.70. The Kier molecular flexibility index (Phi) is 5.60. The van der Waals surface area contributed by atoms with Crippen LogP contribution in [-0.2, 0) is 9.53 Å². The summed E-state index contributed by atoms with van der Waals surface area (Å²) in [5.41, 5.74) is 0.484. The van der Waals surface area contributed by atoms with Crippen molar-refractivity contribution in [2.75, 3.05) is 13.1 Å². The molecule has 1 atom stereocenters. The zero-order valence-electron chi connectivity index (χ0n) is 13.2. The zero-order chi connectivity index (χ0) is 15.3. The first-order chi connectivity index (χ1) is 9.19. The van der Waals surface area contributed by atoms with Crippen molar-refractivity contribution in [1.29, 1.82) is 0 Å². The van der Waals surface area contributed by atoms with Gasteiger partial charge in [0, 0.05) is 25.2 Å². The van der Waals surface area contributed by atoms with Crippen LogP contribution in [0.1, 0.15) is 47.5 Å². The van der Waals surface area contributed by atoms with Gasteiger partial charge >= 0.3 is 6.09 Å². The average molecular weight is 282 g/mol. The van der Waals surface area contributed by atoms with E-state index in [-0.39, 0.29) is 11.9 Å². The SMILES string of the molecule is CC(C)=CC(=O)N1CCC[C@@H]1CNC(=O)OC(C)(C)C. The molecule has 114 valence electrons. The van der Waals surface area contributed by atoms with Crippen molar-refractivity contribution in [2.45, 2.75) is 59.1 Å². The van der Waals surface area contributed by atoms with Gasteiger partial charge in [-0.15, -0.1) is 0 Å². The minimum absolute atomic E-state index is 0.0264. The van der Waals surface area contributed by atoms with Crippen LogP contribution in [0.3, 0.4) is 0 Å². The Morgan fingerprint density at radius 1 is 1.35 bits per heavy atom. The Bertz CT molecular complexity index is 392. The van der Waals surface area contributed by atoms with Crippen molar-refractivity contribution >= 4 is 12.0 Å². The fraction of sp³-hybridized carbons (Fsp3) is 0.733. The quantitative estimate of drug-likeness (QED) is 0.809. The van der Waals surface area contributed by atoms with Gasteiger partial charge in [0.15, 0.2) is 0 Å². The number of hydrogen-bond donors (Lipinski definition) is 1. The second-order valence-corrected chi connectivity index (χ2v) is 6.43. The predicted molar refractivity (Wildman–Crippen MR) is 78.4 cm³/mol. The normalized spacial score (nSPS) is 18.6. The third-order valence-corrected chi connectivity index (χ3v) is 2.95. The molecule has 0 bridgehead atoms. The Morgan fingerprint density at radius 2 is 2.00 bits per heavy atom. The van der Waals surface area contributed by atoms with Crippen LogP contribution in [0.15, 0.2) is 11.6 Å². The summed E-state index contributed by atoms with van der Waals surface area (Å²) in [5.74, 6) is 0.0264. The molecule has 2 amide bonds. The summed E-state index contributed by atoms with van der Waals surface area (Å²) in [6, 6.07) is 0.0608. The minimum Gasteiger partial charge on any atom is -0.444 e. The third kappa shape index (κ3) is 5.63. The summed E-state index contributed by atoms with van der Waals surface area (Å²) in [5, 5.41) is 2.74. The lowest BCUT2D eigenvalue weighted by molar-refractivity contribution is -0.126. The van der Waals surface area contributed by atoms with Gasteiger partial charge in [0.1, 0.15) is 5.60 Å². The largest absolute Gasteiger partial charge is 0.444 e. The molecule has 0 spiro atoms. The Hall–Kier alpha value is -1.52. The predicted octanol–water partition coefficient (Wildman–Crippen LogP) is 2.47. The number of likely N-dealkylation sites (tertiary alicyclic amines) is 1. The van der Waals surface area contributed by atoms with Gasteiger partial charge in [-0.05, 0) is 47.5 Å². The molecule has 1 aliphatic heterocycles. The van der Waals surface area contributed by atoms with Gasteiger partial charge in [0.25, 0.3) is 0 Å². The summed E-state index contributed by atoms with van der Waals surface area (Å²) in [7, 11) is 0. The van der Waals surface area contributed by atoms with Gasteiger partial charge in [-0.25, -0.2) is 4.79 Å². The molecule has 0 saturated carbocycles. The molecule has 0 radical (unpaired) electrons. The smallest absolute Gasteiger partial charge is 0.407 e. The van der Waals surface area contributed by atoms with E-state index in [2.05, 4.69) is 5.32 Å². The number of amides is 2. The monoisotopic (exact) mass is 282 g/mol. The second-order valence-electron chi connectivity index (χ2n) is 6.43. The highest BCUT2D eigenvalue weighted by molar-refractivity contribution is 5.88. The first-order valence-electron chi connectivity index (χ1n) is 7.11. The van der Waals surface area contributed by atoms with E-state index in [1.165, 1.54) is 0 Å². The lowest BCUT2D eigenvalue weighted by Gasteiger charge is -2.25. The molecule has 0 aromatic rings. The van der Waals surface area contributed by atoms with Crippen LogP contribution in [0.4, 0.5) is 4.79 Å². The maximum absolute atomic E-state index is 12.0. The summed E-state index contributed by atoms with van der Waals surface area (Å²) >= 11 is 0. The lowest BCUT2D eigenvalue weighted by atomic mass is 10.2. The van der Waals surface area contributed by atoms with Crippen LogP contribution in [0.2, 0.25) is 0 Å². The highest BCUT2D eigenvalue weighted by Crippen LogP contribution is 2.17. The molecule has 0 aliphatic carbocycles. The molecule has 1 saturated heterocycles. The van der Waals surface area contributed by atoms with Gasteiger partial charge in [0.2, 0.25) is 5.91 Å². The van der Waals surface area contributed by atoms with E-state index in [9.17, 15) is 9.59 Å². The van der Waals surface area contributed by atoms with Crippen LogP contribution >= 0.6 is 0 Å². The molecule has 1 rings (SSSR count). The molecule has 0 aromatic carbocycles. The highest BCUT2D eigenvalue weighted by atomic mass is 16.6. The lowest BCUT2D eigenvalue weighted by Crippen LogP contribution is -2.43. The van der Waals surface area contributed by atoms with Crippen LogP contribution in [0, 0.1) is 0 Å². The van der Waals surface area contributed by atoms with Crippen molar-refractivity contribution < 1.29 is 14.3 Å². The van der Waals surface area contributed by atoms with Crippen LogP contribution in [0.5, 0.6) is 0 Å². The van der Waals surface area contributed by atoms with Crippen molar-refractivity contribution in [2.24, 2.45) is 0 Å². The van der Waals surface area contributed by atoms with Crippen molar-refractivity contribution in [1.82, 2.24) is 10.2 Å². The fourth-order valence-corrected chi connectivity index (χ4v) is 2.18. The number of hydrogen-bond acceptors (Lipinski definition) is 3. The summed E-state index contributed by atoms with van der Waals surface area (Å²) < 4.78 is 5.19. The summed E-state index contributed by atoms with van der Waals surface area (Å²) in [4.78, 5) is 25.5. The van der Waals surface area contributed by atoms with Gasteiger partial charge in [-0.1, -0.05) is 5.57 Å². The summed E-state index contributed by atoms with van der Waals surface area (Å²) in [6.07, 6.45) is 3.10. The van der Waals surface area contributed by atoms with E-state index in [0.29, 0.717) is 6.54 Å². The molecule has 5 heteroatoms. The Morgan fingerprint density at radius 3 is 2.55 bits per heavy atom. The maximum Gasteiger partial charge on any atom is 0.407 e. The van der Waals surface area contributed by atoms with Crippen molar-refractivity contribution in [3.8, 4) is 0 Å². The molecule has 1 N–H and O–H groups in total. The van der Waals surface area contributed by atoms with E-state index in [0.717, 1.165) is 25.0 Å². The van der Waals surface area contributed by atoms with E-state index in [1.54, 1.807) is 6.08 Å². The first-order valence-corrected chi connectivity index (χ1v) is 7.11. The fourth-order valence-electron chi connectivity index (χ4n) is 2.18. The second kappa shape index (κ2) is 6.77. The number of nitrogens with zero attached hydrogens (tertiary/aromatic N) is 1. The standard InChI is InChI=1S/C15H26N2O3/c1-11(2)9-13(18)17-8-6-7-12(17)10-16-14(19)20-15(3,4)5/h9,12H,6-8,10H2,1-5H3,(H,16,19)/t12-/m1/s1. The molecule has 0 unspecified atom stereocenters. The molecule has 20 heavy (non-hydrogen) atoms. The molecule has 0 aromatic heterocycles. The molecule has 1 fully saturated rings. The number of carbonyl (C=O) groups is 2. The molecular weight excluding hydrogens is 256 g/mol. The number of ether oxygens (including phenoxy) is 1. The number of nitrogens with one attached hydrogen (secondary N) is 1. The van der Waals surface area contributed by atoms with Crippen molar-refractivity contribution in [3.05, 3.63) is 11.6 Å². The molecule has 1 aliphatic rings. The molecule has 5 nitrogen and oxygen atoms in total. The van der Waals surface area contributed by atoms with Crippen molar-refractivity contribution in [3.63, 3.8) is 0 Å². The minimum atomic E-state index is -0.503. The molecule has 1 heterocycles. The zero-order valence-corrected chi connectivity index (χ0v) is 13.2. The highest BCUT2D eigenvalue weighted by Gasteiger charge is 2.28. The van der Waals surface area contributed by atoms with Crippen LogP contribution in [0.25, 0.3) is 0 Å². The van der Waals surface area contributed by atoms with Gasteiger partial charge in [-0.2, -0.15) is 0 Å². The Balaban J connectivity index is 2.49. The van der Waals surface area contributed by atoms with Gasteiger partial charge in [-0.3, -0.25) is 4.79 Å². The van der Waals surface area contributed by atoms with E-state index < -0.39 is 11.7 Å². The first kappa shape index (κ1) is 16.5. The number of allylic oxidation sites excluding steroid dienone is 1. The summed E-state index contributed by atoms with van der Waals surface area (Å²) in [6.45, 7) is 10.5. The topological polar surface area (TPSA) is 58.6 Å². The maximum atomic E-state index is 12.0. The van der Waals surface area contributed by atoms with E-state index in [1.807, 2.05) is 39.5 Å². The number of rotatable bonds is 3. The number of carbonyl (C=O) groups excluding carboxylic acids is 2.